The smallest absolute Gasteiger partial charge is 0.332 e. The maximum absolute atomic E-state index is 11.9. The Labute approximate surface area is 106 Å². The Morgan fingerprint density at radius 3 is 2.83 bits per heavy atom. The van der Waals surface area contributed by atoms with E-state index in [2.05, 4.69) is 9.97 Å². The molecule has 1 aliphatic rings. The number of hydrogen-bond donors (Lipinski definition) is 1. The van der Waals surface area contributed by atoms with Crippen LogP contribution in [0.5, 0.6) is 0 Å². The lowest BCUT2D eigenvalue weighted by atomic mass is 10.5. The largest absolute Gasteiger partial charge is 0.372 e. The first-order chi connectivity index (χ1) is 8.58. The molecule has 0 aromatic carbocycles. The van der Waals surface area contributed by atoms with Crippen molar-refractivity contribution in [3.8, 4) is 0 Å². The maximum Gasteiger partial charge on any atom is 0.332 e. The van der Waals surface area contributed by atoms with Crippen molar-refractivity contribution in [3.63, 3.8) is 0 Å². The Morgan fingerprint density at radius 1 is 1.44 bits per heavy atom. The second-order valence-corrected chi connectivity index (χ2v) is 5.22. The molecule has 1 atom stereocenters. The summed E-state index contributed by atoms with van der Waals surface area (Å²) >= 11 is 1.49. The molecule has 1 aliphatic heterocycles. The second kappa shape index (κ2) is 3.99. The van der Waals surface area contributed by atoms with Gasteiger partial charge in [-0.15, -0.1) is 0 Å². The monoisotopic (exact) mass is 268 g/mol. The number of aromatic nitrogens is 4. The summed E-state index contributed by atoms with van der Waals surface area (Å²) in [7, 11) is 3.05. The van der Waals surface area contributed by atoms with Crippen molar-refractivity contribution >= 4 is 22.9 Å². The number of fused-ring (bicyclic) bond motifs is 1. The third-order valence-corrected chi connectivity index (χ3v) is 3.89. The lowest BCUT2D eigenvalue weighted by molar-refractivity contribution is 0.426. The number of nitrogens with zero attached hydrogens (tertiary/aromatic N) is 3. The summed E-state index contributed by atoms with van der Waals surface area (Å²) in [5.41, 5.74) is 0.0253. The van der Waals surface area contributed by atoms with Gasteiger partial charge in [-0.25, -0.2) is 9.78 Å². The Kier molecular flexibility index (Phi) is 2.56. The van der Waals surface area contributed by atoms with Crippen molar-refractivity contribution in [2.75, 3.05) is 12.4 Å². The molecule has 0 unspecified atom stereocenters. The minimum atomic E-state index is -0.374. The molecule has 7 nitrogen and oxygen atoms in total. The molecule has 2 aromatic rings. The highest BCUT2D eigenvalue weighted by Crippen LogP contribution is 2.22. The summed E-state index contributed by atoms with van der Waals surface area (Å²) in [5.74, 6) is 0.800. The third kappa shape index (κ3) is 1.77. The molecule has 0 aliphatic carbocycles. The number of hydrogen-bond acceptors (Lipinski definition) is 5. The van der Waals surface area contributed by atoms with Crippen LogP contribution in [0.25, 0.3) is 11.2 Å². The first kappa shape index (κ1) is 11.5. The van der Waals surface area contributed by atoms with Gasteiger partial charge in [0.15, 0.2) is 16.3 Å². The van der Waals surface area contributed by atoms with Crippen LogP contribution < -0.4 is 11.2 Å². The highest BCUT2D eigenvalue weighted by Gasteiger charge is 2.23. The molecule has 0 radical (unpaired) electrons. The van der Waals surface area contributed by atoms with Gasteiger partial charge in [-0.1, -0.05) is 11.8 Å². The van der Waals surface area contributed by atoms with Crippen molar-refractivity contribution in [1.82, 2.24) is 19.1 Å². The van der Waals surface area contributed by atoms with Crippen LogP contribution in [0.4, 0.5) is 0 Å². The second-order valence-electron chi connectivity index (χ2n) is 4.21. The zero-order chi connectivity index (χ0) is 12.9. The van der Waals surface area contributed by atoms with Crippen molar-refractivity contribution in [2.24, 2.45) is 14.1 Å². The van der Waals surface area contributed by atoms with Gasteiger partial charge in [-0.3, -0.25) is 13.9 Å². The molecule has 1 N–H and O–H groups in total. The maximum atomic E-state index is 11.9. The molecule has 0 saturated carbocycles. The van der Waals surface area contributed by atoms with Gasteiger partial charge in [0.1, 0.15) is 0 Å². The van der Waals surface area contributed by atoms with Crippen LogP contribution in [-0.4, -0.2) is 37.6 Å². The van der Waals surface area contributed by atoms with E-state index in [1.807, 2.05) is 0 Å². The zero-order valence-electron chi connectivity index (χ0n) is 9.97. The van der Waals surface area contributed by atoms with E-state index in [1.165, 1.54) is 23.4 Å². The highest BCUT2D eigenvalue weighted by atomic mass is 32.2. The number of thioether (sulfide) groups is 1. The fourth-order valence-corrected chi connectivity index (χ4v) is 2.57. The van der Waals surface area contributed by atoms with E-state index < -0.39 is 0 Å². The molecular weight excluding hydrogens is 256 g/mol. The SMILES string of the molecule is Cn1c(=O)c2[nH]c(SC[C@@H]3CO3)nc2n(C)c1=O. The number of H-pyrrole nitrogens is 1. The van der Waals surface area contributed by atoms with Crippen LogP contribution >= 0.6 is 11.8 Å². The van der Waals surface area contributed by atoms with E-state index in [-0.39, 0.29) is 17.4 Å². The predicted octanol–water partition coefficient (Wildman–Crippen LogP) is -0.549. The van der Waals surface area contributed by atoms with E-state index in [4.69, 9.17) is 4.74 Å². The molecule has 96 valence electrons. The van der Waals surface area contributed by atoms with Crippen LogP contribution in [-0.2, 0) is 18.8 Å². The summed E-state index contributed by atoms with van der Waals surface area (Å²) in [6.45, 7) is 0.785. The molecule has 3 heterocycles. The third-order valence-electron chi connectivity index (χ3n) is 2.88. The molecule has 18 heavy (non-hydrogen) atoms. The molecular formula is C10H12N4O3S. The summed E-state index contributed by atoms with van der Waals surface area (Å²) in [4.78, 5) is 30.9. The van der Waals surface area contributed by atoms with Crippen LogP contribution in [0.1, 0.15) is 0 Å². The molecule has 0 spiro atoms. The van der Waals surface area contributed by atoms with Gasteiger partial charge in [-0.05, 0) is 0 Å². The molecule has 2 aromatic heterocycles. The summed E-state index contributed by atoms with van der Waals surface area (Å²) in [6.07, 6.45) is 0.287. The summed E-state index contributed by atoms with van der Waals surface area (Å²) in [6, 6.07) is 0. The quantitative estimate of drug-likeness (QED) is 0.596. The number of aryl methyl sites for hydroxylation is 1. The van der Waals surface area contributed by atoms with Gasteiger partial charge in [0, 0.05) is 19.8 Å². The summed E-state index contributed by atoms with van der Waals surface area (Å²) in [5, 5.41) is 0.638. The van der Waals surface area contributed by atoms with Crippen molar-refractivity contribution in [3.05, 3.63) is 20.8 Å². The molecule has 1 saturated heterocycles. The Balaban J connectivity index is 2.10. The molecule has 1 fully saturated rings. The zero-order valence-corrected chi connectivity index (χ0v) is 10.8. The Morgan fingerprint density at radius 2 is 2.17 bits per heavy atom. The predicted molar refractivity (Wildman–Crippen MR) is 67.0 cm³/mol. The number of ether oxygens (including phenoxy) is 1. The average molecular weight is 268 g/mol. The molecule has 8 heteroatoms. The van der Waals surface area contributed by atoms with Gasteiger partial charge in [0.05, 0.1) is 12.7 Å². The Hall–Kier alpha value is -1.54. The van der Waals surface area contributed by atoms with E-state index in [0.717, 1.165) is 16.9 Å². The van der Waals surface area contributed by atoms with Gasteiger partial charge < -0.3 is 9.72 Å². The topological polar surface area (TPSA) is 85.2 Å². The van der Waals surface area contributed by atoms with Crippen molar-refractivity contribution < 1.29 is 4.74 Å². The minimum absolute atomic E-state index is 0.287. The average Bonchev–Trinajstić information content (AvgIpc) is 3.10. The number of aromatic amines is 1. The summed E-state index contributed by atoms with van der Waals surface area (Å²) < 4.78 is 7.54. The van der Waals surface area contributed by atoms with Crippen LogP contribution in [0.2, 0.25) is 0 Å². The minimum Gasteiger partial charge on any atom is -0.372 e. The van der Waals surface area contributed by atoms with E-state index in [1.54, 1.807) is 7.05 Å². The fraction of sp³-hybridized carbons (Fsp3) is 0.500. The normalized spacial score (nSPS) is 18.4. The number of rotatable bonds is 3. The van der Waals surface area contributed by atoms with Crippen LogP contribution in [0, 0.1) is 0 Å². The first-order valence-corrected chi connectivity index (χ1v) is 6.46. The van der Waals surface area contributed by atoms with E-state index in [9.17, 15) is 9.59 Å². The number of epoxide rings is 1. The molecule has 3 rings (SSSR count). The lowest BCUT2D eigenvalue weighted by Gasteiger charge is -2.00. The Bertz CT molecular complexity index is 725. The fourth-order valence-electron chi connectivity index (χ4n) is 1.71. The molecule has 0 bridgehead atoms. The molecule has 0 amide bonds. The highest BCUT2D eigenvalue weighted by molar-refractivity contribution is 7.99. The standard InChI is InChI=1S/C10H12N4O3S/c1-13-7-6(8(15)14(2)10(13)16)11-9(12-7)18-4-5-3-17-5/h5H,3-4H2,1-2H3,(H,11,12)/t5-/m0/s1. The van der Waals surface area contributed by atoms with Gasteiger partial charge >= 0.3 is 5.69 Å². The van der Waals surface area contributed by atoms with E-state index >= 15 is 0 Å². The van der Waals surface area contributed by atoms with Gasteiger partial charge in [0.2, 0.25) is 0 Å². The number of imidazole rings is 1. The van der Waals surface area contributed by atoms with Gasteiger partial charge in [-0.2, -0.15) is 0 Å². The number of nitrogens with one attached hydrogen (secondary N) is 1. The van der Waals surface area contributed by atoms with Gasteiger partial charge in [0.25, 0.3) is 5.56 Å². The van der Waals surface area contributed by atoms with Crippen LogP contribution in [0.3, 0.4) is 0 Å². The lowest BCUT2D eigenvalue weighted by Crippen LogP contribution is -2.36. The van der Waals surface area contributed by atoms with E-state index in [0.29, 0.717) is 16.3 Å². The van der Waals surface area contributed by atoms with Crippen molar-refractivity contribution in [1.29, 1.82) is 0 Å². The van der Waals surface area contributed by atoms with Crippen LogP contribution in [0.15, 0.2) is 14.7 Å². The van der Waals surface area contributed by atoms with Crippen molar-refractivity contribution in [2.45, 2.75) is 11.3 Å². The first-order valence-electron chi connectivity index (χ1n) is 5.48.